The zero-order valence-electron chi connectivity index (χ0n) is 10.4. The van der Waals surface area contributed by atoms with Gasteiger partial charge in [0.2, 0.25) is 0 Å². The summed E-state index contributed by atoms with van der Waals surface area (Å²) in [6, 6.07) is 13.9. The first-order chi connectivity index (χ1) is 9.10. The number of methoxy groups -OCH3 is 1. The number of benzene rings is 2. The molecule has 0 aromatic heterocycles. The zero-order chi connectivity index (χ0) is 13.8. The van der Waals surface area contributed by atoms with Gasteiger partial charge in [0.1, 0.15) is 5.75 Å². The van der Waals surface area contributed by atoms with E-state index in [0.717, 1.165) is 26.3 Å². The molecule has 0 saturated heterocycles. The molecule has 0 saturated carbocycles. The van der Waals surface area contributed by atoms with Gasteiger partial charge in [0.25, 0.3) is 0 Å². The molecule has 0 radical (unpaired) electrons. The molecule has 2 aromatic carbocycles. The van der Waals surface area contributed by atoms with Crippen LogP contribution in [0.5, 0.6) is 5.75 Å². The number of hydrogen-bond acceptors (Lipinski definition) is 1. The fraction of sp³-hybridized carbons (Fsp3) is 0.200. The van der Waals surface area contributed by atoms with Gasteiger partial charge in [-0.05, 0) is 64.4 Å². The van der Waals surface area contributed by atoms with Gasteiger partial charge in [-0.3, -0.25) is 0 Å². The third-order valence-electron chi connectivity index (χ3n) is 2.88. The molecule has 19 heavy (non-hydrogen) atoms. The molecule has 100 valence electrons. The molecular weight excluding hydrogens is 394 g/mol. The molecule has 0 spiro atoms. The van der Waals surface area contributed by atoms with Crippen LogP contribution in [-0.2, 0) is 6.42 Å². The first-order valence-electron chi connectivity index (χ1n) is 5.82. The van der Waals surface area contributed by atoms with Gasteiger partial charge in [0, 0.05) is 3.57 Å². The Hall–Kier alpha value is -0.450. The van der Waals surface area contributed by atoms with Gasteiger partial charge >= 0.3 is 0 Å². The minimum absolute atomic E-state index is 0.0807. The van der Waals surface area contributed by atoms with E-state index in [-0.39, 0.29) is 5.38 Å². The first-order valence-corrected chi connectivity index (χ1v) is 7.71. The monoisotopic (exact) mass is 406 g/mol. The highest BCUT2D eigenvalue weighted by molar-refractivity contribution is 14.1. The maximum atomic E-state index is 6.45. The fourth-order valence-electron chi connectivity index (χ4n) is 1.79. The van der Waals surface area contributed by atoms with E-state index in [0.29, 0.717) is 0 Å². The number of halogens is 3. The van der Waals surface area contributed by atoms with Crippen LogP contribution in [0.15, 0.2) is 42.5 Å². The van der Waals surface area contributed by atoms with E-state index in [2.05, 4.69) is 22.6 Å². The molecule has 0 bridgehead atoms. The van der Waals surface area contributed by atoms with Crippen LogP contribution in [0.3, 0.4) is 0 Å². The van der Waals surface area contributed by atoms with E-state index in [1.54, 1.807) is 7.11 Å². The molecule has 0 fully saturated rings. The molecule has 0 aliphatic carbocycles. The highest BCUT2D eigenvalue weighted by Crippen LogP contribution is 2.29. The largest absolute Gasteiger partial charge is 0.497 e. The summed E-state index contributed by atoms with van der Waals surface area (Å²) in [5.41, 5.74) is 2.22. The Labute approximate surface area is 137 Å². The summed E-state index contributed by atoms with van der Waals surface area (Å²) in [5.74, 6) is 0.854. The summed E-state index contributed by atoms with van der Waals surface area (Å²) in [5, 5.41) is 0.668. The topological polar surface area (TPSA) is 9.23 Å². The van der Waals surface area contributed by atoms with Crippen molar-refractivity contribution in [2.24, 2.45) is 0 Å². The highest BCUT2D eigenvalue weighted by atomic mass is 127. The molecule has 1 unspecified atom stereocenters. The Morgan fingerprint density at radius 1 is 1.16 bits per heavy atom. The molecule has 1 nitrogen and oxygen atoms in total. The van der Waals surface area contributed by atoms with Crippen molar-refractivity contribution in [1.82, 2.24) is 0 Å². The van der Waals surface area contributed by atoms with E-state index in [1.807, 2.05) is 42.5 Å². The van der Waals surface area contributed by atoms with E-state index in [9.17, 15) is 0 Å². The van der Waals surface area contributed by atoms with Crippen LogP contribution >= 0.6 is 45.8 Å². The average Bonchev–Trinajstić information content (AvgIpc) is 2.42. The van der Waals surface area contributed by atoms with Crippen molar-refractivity contribution in [3.63, 3.8) is 0 Å². The molecule has 0 amide bonds. The van der Waals surface area contributed by atoms with Gasteiger partial charge in [0.15, 0.2) is 0 Å². The molecule has 1 atom stereocenters. The molecule has 0 aliphatic heterocycles. The lowest BCUT2D eigenvalue weighted by Crippen LogP contribution is -1.96. The summed E-state index contributed by atoms with van der Waals surface area (Å²) in [6.07, 6.45) is 0.766. The Morgan fingerprint density at radius 2 is 1.84 bits per heavy atom. The summed E-state index contributed by atoms with van der Waals surface area (Å²) >= 11 is 14.8. The maximum Gasteiger partial charge on any atom is 0.118 e. The van der Waals surface area contributed by atoms with Crippen molar-refractivity contribution in [2.75, 3.05) is 7.11 Å². The lowest BCUT2D eigenvalue weighted by molar-refractivity contribution is 0.414. The van der Waals surface area contributed by atoms with Crippen molar-refractivity contribution in [1.29, 1.82) is 0 Å². The van der Waals surface area contributed by atoms with Crippen LogP contribution < -0.4 is 4.74 Å². The Morgan fingerprint density at radius 3 is 2.42 bits per heavy atom. The van der Waals surface area contributed by atoms with Crippen molar-refractivity contribution >= 4 is 45.8 Å². The molecule has 0 heterocycles. The number of ether oxygens (including phenoxy) is 1. The molecular formula is C15H13Cl2IO. The summed E-state index contributed by atoms with van der Waals surface area (Å²) in [7, 11) is 1.66. The molecule has 0 N–H and O–H groups in total. The van der Waals surface area contributed by atoms with Crippen molar-refractivity contribution < 1.29 is 4.74 Å². The maximum absolute atomic E-state index is 6.45. The quantitative estimate of drug-likeness (QED) is 0.482. The SMILES string of the molecule is COc1ccc(CC(Cl)c2ccc(I)c(Cl)c2)cc1. The normalized spacial score (nSPS) is 12.2. The molecule has 0 aliphatic rings. The van der Waals surface area contributed by atoms with Gasteiger partial charge in [-0.1, -0.05) is 29.8 Å². The standard InChI is InChI=1S/C15H13Cl2IO/c1-19-12-5-2-10(3-6-12)8-13(16)11-4-7-15(18)14(17)9-11/h2-7,9,13H,8H2,1H3. The third-order valence-corrected chi connectivity index (χ3v) is 4.86. The molecule has 2 aromatic rings. The second kappa shape index (κ2) is 6.82. The van der Waals surface area contributed by atoms with Crippen LogP contribution in [0.2, 0.25) is 5.02 Å². The third kappa shape index (κ3) is 4.01. The predicted molar refractivity (Wildman–Crippen MR) is 89.5 cm³/mol. The second-order valence-electron chi connectivity index (χ2n) is 4.19. The highest BCUT2D eigenvalue weighted by Gasteiger charge is 2.10. The number of rotatable bonds is 4. The zero-order valence-corrected chi connectivity index (χ0v) is 14.0. The summed E-state index contributed by atoms with van der Waals surface area (Å²) in [4.78, 5) is 0. The van der Waals surface area contributed by atoms with Gasteiger partial charge < -0.3 is 4.74 Å². The Bertz CT molecular complexity index is 555. The van der Waals surface area contributed by atoms with E-state index in [4.69, 9.17) is 27.9 Å². The van der Waals surface area contributed by atoms with Crippen LogP contribution in [0, 0.1) is 3.57 Å². The average molecular weight is 407 g/mol. The number of alkyl halides is 1. The lowest BCUT2D eigenvalue weighted by Gasteiger charge is -2.11. The first kappa shape index (κ1) is 14.9. The van der Waals surface area contributed by atoms with Crippen LogP contribution in [0.4, 0.5) is 0 Å². The Kier molecular flexibility index (Phi) is 5.37. The van der Waals surface area contributed by atoms with Crippen LogP contribution in [-0.4, -0.2) is 7.11 Å². The van der Waals surface area contributed by atoms with E-state index in [1.165, 1.54) is 5.56 Å². The number of hydrogen-bond donors (Lipinski definition) is 0. The van der Waals surface area contributed by atoms with E-state index >= 15 is 0 Å². The Balaban J connectivity index is 2.10. The smallest absolute Gasteiger partial charge is 0.118 e. The molecule has 4 heteroatoms. The molecule has 2 rings (SSSR count). The summed E-state index contributed by atoms with van der Waals surface area (Å²) in [6.45, 7) is 0. The van der Waals surface area contributed by atoms with Crippen molar-refractivity contribution in [3.05, 3.63) is 62.2 Å². The lowest BCUT2D eigenvalue weighted by atomic mass is 10.0. The van der Waals surface area contributed by atoms with Gasteiger partial charge in [0.05, 0.1) is 17.5 Å². The second-order valence-corrected chi connectivity index (χ2v) is 6.29. The minimum atomic E-state index is -0.0807. The van der Waals surface area contributed by atoms with Crippen molar-refractivity contribution in [2.45, 2.75) is 11.8 Å². The van der Waals surface area contributed by atoms with Crippen LogP contribution in [0.1, 0.15) is 16.5 Å². The minimum Gasteiger partial charge on any atom is -0.497 e. The fourth-order valence-corrected chi connectivity index (χ4v) is 2.63. The predicted octanol–water partition coefficient (Wildman–Crippen LogP) is 5.48. The summed E-state index contributed by atoms with van der Waals surface area (Å²) < 4.78 is 6.17. The van der Waals surface area contributed by atoms with Gasteiger partial charge in [-0.25, -0.2) is 0 Å². The van der Waals surface area contributed by atoms with Crippen LogP contribution in [0.25, 0.3) is 0 Å². The van der Waals surface area contributed by atoms with Gasteiger partial charge in [-0.15, -0.1) is 11.6 Å². The van der Waals surface area contributed by atoms with Gasteiger partial charge in [-0.2, -0.15) is 0 Å². The van der Waals surface area contributed by atoms with E-state index < -0.39 is 0 Å². The van der Waals surface area contributed by atoms with Crippen molar-refractivity contribution in [3.8, 4) is 5.75 Å².